The summed E-state index contributed by atoms with van der Waals surface area (Å²) in [5.74, 6) is 3.44. The van der Waals surface area contributed by atoms with Crippen LogP contribution in [0.3, 0.4) is 0 Å². The number of hydrogen-bond acceptors (Lipinski definition) is 1. The predicted molar refractivity (Wildman–Crippen MR) is 50.4 cm³/mol. The van der Waals surface area contributed by atoms with Gasteiger partial charge >= 0.3 is 0 Å². The zero-order valence-corrected chi connectivity index (χ0v) is 7.93. The Morgan fingerprint density at radius 2 is 2.00 bits per heavy atom. The average Bonchev–Trinajstić information content (AvgIpc) is 1.97. The minimum atomic E-state index is 0.795. The van der Waals surface area contributed by atoms with Gasteiger partial charge in [-0.05, 0) is 25.9 Å². The second-order valence-electron chi connectivity index (χ2n) is 3.44. The lowest BCUT2D eigenvalue weighted by atomic mass is 10.1. The molecule has 0 aromatic rings. The molecule has 0 N–H and O–H groups in total. The summed E-state index contributed by atoms with van der Waals surface area (Å²) in [5.41, 5.74) is 0. The number of rotatable bonds is 5. The summed E-state index contributed by atoms with van der Waals surface area (Å²) in [7, 11) is 2.12. The van der Waals surface area contributed by atoms with Gasteiger partial charge in [-0.1, -0.05) is 13.8 Å². The Labute approximate surface area is 70.8 Å². The quantitative estimate of drug-likeness (QED) is 0.546. The van der Waals surface area contributed by atoms with Crippen molar-refractivity contribution < 1.29 is 0 Å². The fraction of sp³-hybridized carbons (Fsp3) is 0.800. The van der Waals surface area contributed by atoms with E-state index in [2.05, 4.69) is 31.7 Å². The predicted octanol–water partition coefficient (Wildman–Crippen LogP) is 1.99. The molecule has 0 aromatic heterocycles. The van der Waals surface area contributed by atoms with E-state index in [1.165, 1.54) is 13.0 Å². The standard InChI is InChI=1S/C10H19N/c1-5-6-8-11(4)9-7-10(2)3/h1,10H,6-9H2,2-4H3. The molecule has 0 aliphatic carbocycles. The van der Waals surface area contributed by atoms with Crippen LogP contribution in [0.4, 0.5) is 0 Å². The van der Waals surface area contributed by atoms with Crippen molar-refractivity contribution in [1.29, 1.82) is 0 Å². The highest BCUT2D eigenvalue weighted by molar-refractivity contribution is 4.84. The van der Waals surface area contributed by atoms with Crippen LogP contribution in [0.25, 0.3) is 0 Å². The van der Waals surface area contributed by atoms with E-state index in [-0.39, 0.29) is 0 Å². The molecule has 0 unspecified atom stereocenters. The maximum atomic E-state index is 5.16. The largest absolute Gasteiger partial charge is 0.305 e. The Kier molecular flexibility index (Phi) is 5.97. The van der Waals surface area contributed by atoms with Crippen LogP contribution < -0.4 is 0 Å². The molecule has 0 amide bonds. The van der Waals surface area contributed by atoms with Gasteiger partial charge in [-0.15, -0.1) is 12.3 Å². The van der Waals surface area contributed by atoms with Gasteiger partial charge in [-0.25, -0.2) is 0 Å². The van der Waals surface area contributed by atoms with Crippen molar-refractivity contribution >= 4 is 0 Å². The molecule has 0 bridgehead atoms. The lowest BCUT2D eigenvalue weighted by Gasteiger charge is -2.15. The van der Waals surface area contributed by atoms with Crippen molar-refractivity contribution in [2.24, 2.45) is 5.92 Å². The summed E-state index contributed by atoms with van der Waals surface area (Å²) in [5, 5.41) is 0. The molecule has 0 aliphatic heterocycles. The van der Waals surface area contributed by atoms with Gasteiger partial charge in [0.2, 0.25) is 0 Å². The lowest BCUT2D eigenvalue weighted by Crippen LogP contribution is -2.21. The van der Waals surface area contributed by atoms with Crippen LogP contribution in [0.1, 0.15) is 26.7 Å². The van der Waals surface area contributed by atoms with Gasteiger partial charge in [-0.2, -0.15) is 0 Å². The normalized spacial score (nSPS) is 10.5. The summed E-state index contributed by atoms with van der Waals surface area (Å²) in [6.07, 6.45) is 7.29. The van der Waals surface area contributed by atoms with E-state index in [1.807, 2.05) is 0 Å². The zero-order chi connectivity index (χ0) is 8.69. The number of terminal acetylenes is 1. The molecule has 0 saturated carbocycles. The fourth-order valence-corrected chi connectivity index (χ4v) is 0.846. The van der Waals surface area contributed by atoms with Gasteiger partial charge in [0.1, 0.15) is 0 Å². The first-order chi connectivity index (χ1) is 5.16. The summed E-state index contributed by atoms with van der Waals surface area (Å²) >= 11 is 0. The van der Waals surface area contributed by atoms with E-state index in [1.54, 1.807) is 0 Å². The molecule has 0 spiro atoms. The molecule has 0 radical (unpaired) electrons. The van der Waals surface area contributed by atoms with E-state index in [4.69, 9.17) is 6.42 Å². The topological polar surface area (TPSA) is 3.24 Å². The van der Waals surface area contributed by atoms with Crippen LogP contribution in [0.2, 0.25) is 0 Å². The van der Waals surface area contributed by atoms with Crippen molar-refractivity contribution in [2.45, 2.75) is 26.7 Å². The Bertz CT molecular complexity index is 121. The van der Waals surface area contributed by atoms with E-state index >= 15 is 0 Å². The maximum absolute atomic E-state index is 5.16. The van der Waals surface area contributed by atoms with E-state index in [0.29, 0.717) is 0 Å². The SMILES string of the molecule is C#CCCN(C)CCC(C)C. The zero-order valence-electron chi connectivity index (χ0n) is 7.93. The van der Waals surface area contributed by atoms with Crippen molar-refractivity contribution in [3.8, 4) is 12.3 Å². The second kappa shape index (κ2) is 6.24. The number of nitrogens with zero attached hydrogens (tertiary/aromatic N) is 1. The summed E-state index contributed by atoms with van der Waals surface area (Å²) < 4.78 is 0. The Morgan fingerprint density at radius 1 is 1.36 bits per heavy atom. The highest BCUT2D eigenvalue weighted by Gasteiger charge is 1.98. The van der Waals surface area contributed by atoms with Crippen LogP contribution in [-0.4, -0.2) is 25.0 Å². The average molecular weight is 153 g/mol. The minimum Gasteiger partial charge on any atom is -0.305 e. The first-order valence-electron chi connectivity index (χ1n) is 4.28. The van der Waals surface area contributed by atoms with Crippen molar-refractivity contribution in [3.05, 3.63) is 0 Å². The molecule has 0 atom stereocenters. The van der Waals surface area contributed by atoms with Crippen LogP contribution in [0.5, 0.6) is 0 Å². The molecule has 1 nitrogen and oxygen atoms in total. The minimum absolute atomic E-state index is 0.795. The Hall–Kier alpha value is -0.480. The molecular weight excluding hydrogens is 134 g/mol. The number of hydrogen-bond donors (Lipinski definition) is 0. The van der Waals surface area contributed by atoms with Gasteiger partial charge in [0.15, 0.2) is 0 Å². The smallest absolute Gasteiger partial charge is 0.0214 e. The first kappa shape index (κ1) is 10.5. The van der Waals surface area contributed by atoms with E-state index in [9.17, 15) is 0 Å². The third kappa shape index (κ3) is 7.42. The first-order valence-corrected chi connectivity index (χ1v) is 4.28. The van der Waals surface area contributed by atoms with Gasteiger partial charge in [-0.3, -0.25) is 0 Å². The third-order valence-corrected chi connectivity index (χ3v) is 1.73. The lowest BCUT2D eigenvalue weighted by molar-refractivity contribution is 0.317. The van der Waals surface area contributed by atoms with Crippen LogP contribution in [0, 0.1) is 18.3 Å². The van der Waals surface area contributed by atoms with Crippen LogP contribution >= 0.6 is 0 Å². The molecule has 0 heterocycles. The molecule has 11 heavy (non-hydrogen) atoms. The molecule has 0 saturated heterocycles. The van der Waals surface area contributed by atoms with Gasteiger partial charge < -0.3 is 4.90 Å². The van der Waals surface area contributed by atoms with Gasteiger partial charge in [0, 0.05) is 13.0 Å². The summed E-state index contributed by atoms with van der Waals surface area (Å²) in [4.78, 5) is 2.29. The highest BCUT2D eigenvalue weighted by atomic mass is 15.1. The Balaban J connectivity index is 3.23. The second-order valence-corrected chi connectivity index (χ2v) is 3.44. The Morgan fingerprint density at radius 3 is 2.45 bits per heavy atom. The van der Waals surface area contributed by atoms with Crippen LogP contribution in [0.15, 0.2) is 0 Å². The highest BCUT2D eigenvalue weighted by Crippen LogP contribution is 2.00. The molecule has 0 rings (SSSR count). The van der Waals surface area contributed by atoms with E-state index < -0.39 is 0 Å². The van der Waals surface area contributed by atoms with Gasteiger partial charge in [0.25, 0.3) is 0 Å². The van der Waals surface area contributed by atoms with Crippen LogP contribution in [-0.2, 0) is 0 Å². The molecule has 0 aliphatic rings. The molecule has 1 heteroatoms. The third-order valence-electron chi connectivity index (χ3n) is 1.73. The molecule has 64 valence electrons. The summed E-state index contributed by atoms with van der Waals surface area (Å²) in [6, 6.07) is 0. The van der Waals surface area contributed by atoms with Crippen molar-refractivity contribution in [1.82, 2.24) is 4.90 Å². The monoisotopic (exact) mass is 153 g/mol. The molecule has 0 aromatic carbocycles. The van der Waals surface area contributed by atoms with Crippen molar-refractivity contribution in [3.63, 3.8) is 0 Å². The van der Waals surface area contributed by atoms with Crippen molar-refractivity contribution in [2.75, 3.05) is 20.1 Å². The fourth-order valence-electron chi connectivity index (χ4n) is 0.846. The van der Waals surface area contributed by atoms with Gasteiger partial charge in [0.05, 0.1) is 0 Å². The summed E-state index contributed by atoms with van der Waals surface area (Å²) in [6.45, 7) is 6.69. The maximum Gasteiger partial charge on any atom is 0.0214 e. The molecular formula is C10H19N. The van der Waals surface area contributed by atoms with E-state index in [0.717, 1.165) is 18.9 Å². The molecule has 0 fully saturated rings.